The van der Waals surface area contributed by atoms with Gasteiger partial charge in [0.25, 0.3) is 0 Å². The van der Waals surface area contributed by atoms with E-state index < -0.39 is 0 Å². The highest BCUT2D eigenvalue weighted by Crippen LogP contribution is 2.43. The van der Waals surface area contributed by atoms with Crippen LogP contribution in [0.25, 0.3) is 17.0 Å². The molecule has 0 unspecified atom stereocenters. The highest BCUT2D eigenvalue weighted by atomic mass is 35.5. The molecule has 120 valence electrons. The first-order valence-corrected chi connectivity index (χ1v) is 9.06. The molecule has 0 saturated heterocycles. The molecule has 0 saturated carbocycles. The third kappa shape index (κ3) is 2.68. The summed E-state index contributed by atoms with van der Waals surface area (Å²) in [4.78, 5) is 1.29. The van der Waals surface area contributed by atoms with Crippen molar-refractivity contribution in [3.05, 3.63) is 69.3 Å². The molecule has 1 aliphatic rings. The standard InChI is InChI=1S/C20H17ClN2S/c1-12-8-17-19(9-13(12)2)24-20(22-17)10-14-6-7-23(3)18-5-4-15(21)11-16(14)18/h4-11H,1-3H3/p+1. The van der Waals surface area contributed by atoms with E-state index in [1.165, 1.54) is 32.8 Å². The first kappa shape index (κ1) is 15.6. The second-order valence-corrected chi connectivity index (χ2v) is 7.73. The smallest absolute Gasteiger partial charge is 0.212 e. The van der Waals surface area contributed by atoms with Crippen LogP contribution in [0.1, 0.15) is 16.7 Å². The van der Waals surface area contributed by atoms with E-state index in [0.717, 1.165) is 15.4 Å². The van der Waals surface area contributed by atoms with Gasteiger partial charge in [0, 0.05) is 22.1 Å². The van der Waals surface area contributed by atoms with E-state index in [2.05, 4.69) is 67.3 Å². The number of thioether (sulfide) groups is 1. The quantitative estimate of drug-likeness (QED) is 0.585. The van der Waals surface area contributed by atoms with Crippen molar-refractivity contribution in [2.45, 2.75) is 18.7 Å². The largest absolute Gasteiger partial charge is 0.349 e. The Morgan fingerprint density at radius 2 is 1.88 bits per heavy atom. The Bertz CT molecular complexity index is 975. The molecule has 0 atom stereocenters. The van der Waals surface area contributed by atoms with Crippen molar-refractivity contribution in [2.75, 3.05) is 5.32 Å². The Hall–Kier alpha value is -1.97. The molecule has 4 heteroatoms. The summed E-state index contributed by atoms with van der Waals surface area (Å²) in [6, 6.07) is 12.6. The highest BCUT2D eigenvalue weighted by Gasteiger charge is 2.18. The Morgan fingerprint density at radius 3 is 2.71 bits per heavy atom. The normalized spacial score (nSPS) is 14.9. The number of benzene rings is 2. The summed E-state index contributed by atoms with van der Waals surface area (Å²) < 4.78 is 2.12. The van der Waals surface area contributed by atoms with Gasteiger partial charge in [-0.2, -0.15) is 0 Å². The minimum Gasteiger partial charge on any atom is -0.349 e. The molecule has 1 aliphatic heterocycles. The van der Waals surface area contributed by atoms with Gasteiger partial charge in [-0.1, -0.05) is 23.4 Å². The summed E-state index contributed by atoms with van der Waals surface area (Å²) in [6.07, 6.45) is 4.29. The molecule has 1 N–H and O–H groups in total. The van der Waals surface area contributed by atoms with E-state index in [0.29, 0.717) is 0 Å². The van der Waals surface area contributed by atoms with Gasteiger partial charge >= 0.3 is 0 Å². The zero-order valence-electron chi connectivity index (χ0n) is 13.9. The van der Waals surface area contributed by atoms with Crippen LogP contribution in [0, 0.1) is 13.8 Å². The van der Waals surface area contributed by atoms with Gasteiger partial charge < -0.3 is 5.32 Å². The lowest BCUT2D eigenvalue weighted by atomic mass is 10.1. The summed E-state index contributed by atoms with van der Waals surface area (Å²) in [5.41, 5.74) is 6.17. The molecule has 2 nitrogen and oxygen atoms in total. The van der Waals surface area contributed by atoms with Gasteiger partial charge in [0.15, 0.2) is 6.20 Å². The molecule has 4 rings (SSSR count). The van der Waals surface area contributed by atoms with Crippen molar-refractivity contribution >= 4 is 46.0 Å². The van der Waals surface area contributed by atoms with Crippen molar-refractivity contribution in [3.63, 3.8) is 0 Å². The average Bonchev–Trinajstić information content (AvgIpc) is 2.92. The average molecular weight is 354 g/mol. The van der Waals surface area contributed by atoms with Crippen LogP contribution in [0.4, 0.5) is 5.69 Å². The van der Waals surface area contributed by atoms with E-state index in [4.69, 9.17) is 11.6 Å². The number of rotatable bonds is 1. The van der Waals surface area contributed by atoms with E-state index in [9.17, 15) is 0 Å². The lowest BCUT2D eigenvalue weighted by molar-refractivity contribution is -0.644. The minimum absolute atomic E-state index is 0.759. The van der Waals surface area contributed by atoms with Gasteiger partial charge in [0.1, 0.15) is 7.05 Å². The summed E-state index contributed by atoms with van der Waals surface area (Å²) in [5, 5.41) is 6.59. The number of aromatic nitrogens is 1. The molecular formula is C20H18ClN2S+. The van der Waals surface area contributed by atoms with E-state index in [1.54, 1.807) is 11.8 Å². The van der Waals surface area contributed by atoms with Crippen molar-refractivity contribution in [2.24, 2.45) is 7.05 Å². The molecule has 2 heterocycles. The van der Waals surface area contributed by atoms with Crippen molar-refractivity contribution < 1.29 is 4.57 Å². The number of hydrogen-bond acceptors (Lipinski definition) is 2. The van der Waals surface area contributed by atoms with Gasteiger partial charge in [-0.05, 0) is 60.9 Å². The molecule has 24 heavy (non-hydrogen) atoms. The van der Waals surface area contributed by atoms with Crippen molar-refractivity contribution in [1.82, 2.24) is 0 Å². The van der Waals surface area contributed by atoms with E-state index >= 15 is 0 Å². The number of anilines is 1. The van der Waals surface area contributed by atoms with Crippen LogP contribution in [0.5, 0.6) is 0 Å². The van der Waals surface area contributed by atoms with Gasteiger partial charge in [0.2, 0.25) is 5.52 Å². The number of halogens is 1. The molecule has 0 aliphatic carbocycles. The first-order valence-electron chi connectivity index (χ1n) is 7.87. The predicted octanol–water partition coefficient (Wildman–Crippen LogP) is 5.45. The number of hydrogen-bond donors (Lipinski definition) is 1. The summed E-state index contributed by atoms with van der Waals surface area (Å²) in [7, 11) is 2.05. The maximum absolute atomic E-state index is 6.22. The van der Waals surface area contributed by atoms with Gasteiger partial charge in [-0.25, -0.2) is 4.57 Å². The zero-order chi connectivity index (χ0) is 16.8. The van der Waals surface area contributed by atoms with E-state index in [1.807, 2.05) is 12.1 Å². The number of fused-ring (bicyclic) bond motifs is 2. The number of pyridine rings is 1. The Morgan fingerprint density at radius 1 is 1.08 bits per heavy atom. The zero-order valence-corrected chi connectivity index (χ0v) is 15.4. The van der Waals surface area contributed by atoms with Gasteiger partial charge in [-0.3, -0.25) is 0 Å². The third-order valence-corrected chi connectivity index (χ3v) is 5.72. The summed E-state index contributed by atoms with van der Waals surface area (Å²) in [6.45, 7) is 4.31. The maximum Gasteiger partial charge on any atom is 0.212 e. The molecule has 2 aromatic carbocycles. The number of nitrogens with zero attached hydrogens (tertiary/aromatic N) is 1. The van der Waals surface area contributed by atoms with Crippen molar-refractivity contribution in [3.8, 4) is 0 Å². The molecule has 0 radical (unpaired) electrons. The fraction of sp³-hybridized carbons (Fsp3) is 0.150. The maximum atomic E-state index is 6.22. The van der Waals surface area contributed by atoms with Crippen LogP contribution >= 0.6 is 23.4 Å². The third-order valence-electron chi connectivity index (χ3n) is 4.49. The SMILES string of the molecule is Cc1cc2c(cc1C)S/C(=C\c1cc[n+](C)c3ccc(Cl)cc13)N2. The van der Waals surface area contributed by atoms with Crippen LogP contribution in [0.2, 0.25) is 5.02 Å². The molecule has 3 aromatic rings. The second-order valence-electron chi connectivity index (χ2n) is 6.21. The monoisotopic (exact) mass is 353 g/mol. The molecular weight excluding hydrogens is 336 g/mol. The lowest BCUT2D eigenvalue weighted by Gasteiger charge is -2.04. The van der Waals surface area contributed by atoms with Crippen LogP contribution in [-0.2, 0) is 7.05 Å². The van der Waals surface area contributed by atoms with Crippen LogP contribution in [0.3, 0.4) is 0 Å². The van der Waals surface area contributed by atoms with Crippen LogP contribution in [-0.4, -0.2) is 0 Å². The van der Waals surface area contributed by atoms with Crippen molar-refractivity contribution in [1.29, 1.82) is 0 Å². The highest BCUT2D eigenvalue weighted by molar-refractivity contribution is 8.03. The first-order chi connectivity index (χ1) is 11.5. The molecule has 0 fully saturated rings. The van der Waals surface area contributed by atoms with Gasteiger partial charge in [0.05, 0.1) is 16.1 Å². The fourth-order valence-corrected chi connectivity index (χ4v) is 4.20. The van der Waals surface area contributed by atoms with Crippen LogP contribution < -0.4 is 9.88 Å². The Labute approximate surface area is 151 Å². The molecule has 0 bridgehead atoms. The molecule has 0 spiro atoms. The number of nitrogens with one attached hydrogen (secondary N) is 1. The predicted molar refractivity (Wildman–Crippen MR) is 104 cm³/mol. The topological polar surface area (TPSA) is 15.9 Å². The van der Waals surface area contributed by atoms with Gasteiger partial charge in [-0.15, -0.1) is 0 Å². The van der Waals surface area contributed by atoms with Crippen LogP contribution in [0.15, 0.2) is 52.5 Å². The number of aryl methyl sites for hydroxylation is 3. The lowest BCUT2D eigenvalue weighted by Crippen LogP contribution is -2.28. The Balaban J connectivity index is 1.79. The summed E-state index contributed by atoms with van der Waals surface area (Å²) in [5.74, 6) is 0. The minimum atomic E-state index is 0.759. The second kappa shape index (κ2) is 5.83. The van der Waals surface area contributed by atoms with E-state index in [-0.39, 0.29) is 0 Å². The summed E-state index contributed by atoms with van der Waals surface area (Å²) >= 11 is 8.00. The fourth-order valence-electron chi connectivity index (χ4n) is 2.99. The Kier molecular flexibility index (Phi) is 3.78. The molecule has 1 aromatic heterocycles. The molecule has 0 amide bonds.